The number of hydrogen-bond donors (Lipinski definition) is 3. The third kappa shape index (κ3) is 1.09. The first-order chi connectivity index (χ1) is 7.66. The van der Waals surface area contributed by atoms with Gasteiger partial charge in [-0.25, -0.2) is 9.78 Å². The first kappa shape index (κ1) is 9.10. The van der Waals surface area contributed by atoms with Crippen LogP contribution >= 0.6 is 11.3 Å². The maximum atomic E-state index is 11.3. The number of nitrogens with one attached hydrogen (secondary N) is 2. The number of nitrogens with two attached hydrogens (primary N) is 1. The van der Waals surface area contributed by atoms with Crippen LogP contribution in [0, 0.1) is 0 Å². The number of anilines is 2. The minimum Gasteiger partial charge on any atom is -0.365 e. The van der Waals surface area contributed by atoms with Crippen molar-refractivity contribution >= 4 is 44.9 Å². The second-order valence-electron chi connectivity index (χ2n) is 3.29. The molecule has 3 amide bonds. The molecule has 0 atom stereocenters. The number of rotatable bonds is 1. The van der Waals surface area contributed by atoms with Crippen molar-refractivity contribution in [2.45, 2.75) is 0 Å². The van der Waals surface area contributed by atoms with E-state index in [9.17, 15) is 9.59 Å². The second kappa shape index (κ2) is 2.92. The van der Waals surface area contributed by atoms with Gasteiger partial charge in [-0.15, -0.1) is 11.3 Å². The van der Waals surface area contributed by atoms with Crippen LogP contribution in [0.25, 0.3) is 10.2 Å². The van der Waals surface area contributed by atoms with Crippen LogP contribution in [0.2, 0.25) is 0 Å². The van der Waals surface area contributed by atoms with Crippen LogP contribution in [-0.2, 0) is 0 Å². The third-order valence-electron chi connectivity index (χ3n) is 2.30. The molecule has 0 saturated carbocycles. The lowest BCUT2D eigenvalue weighted by Gasteiger charge is -2.15. The fourth-order valence-corrected chi connectivity index (χ4v) is 2.66. The van der Waals surface area contributed by atoms with Crippen molar-refractivity contribution < 1.29 is 9.59 Å². The highest BCUT2D eigenvalue weighted by Gasteiger charge is 2.25. The molecule has 1 aliphatic rings. The smallest absolute Gasteiger partial charge is 0.323 e. The van der Waals surface area contributed by atoms with Gasteiger partial charge in [-0.3, -0.25) is 4.79 Å². The number of amides is 3. The highest BCUT2D eigenvalue weighted by molar-refractivity contribution is 7.21. The molecule has 1 aliphatic heterocycles. The fourth-order valence-electron chi connectivity index (χ4n) is 1.69. The van der Waals surface area contributed by atoms with Gasteiger partial charge in [-0.05, 0) is 6.07 Å². The molecular weight excluding hydrogens is 228 g/mol. The lowest BCUT2D eigenvalue weighted by molar-refractivity contribution is 0.100. The van der Waals surface area contributed by atoms with Crippen LogP contribution in [-0.4, -0.2) is 16.9 Å². The highest BCUT2D eigenvalue weighted by atomic mass is 32.1. The lowest BCUT2D eigenvalue weighted by atomic mass is 10.2. The molecule has 80 valence electrons. The van der Waals surface area contributed by atoms with E-state index in [0.29, 0.717) is 21.1 Å². The molecule has 0 fully saturated rings. The summed E-state index contributed by atoms with van der Waals surface area (Å²) in [5.41, 5.74) is 6.35. The molecule has 0 aliphatic carbocycles. The SMILES string of the molecule is NC(=O)c1sc2nccc3c2c1NC(=O)N3. The Bertz CT molecular complexity index is 634. The summed E-state index contributed by atoms with van der Waals surface area (Å²) in [6, 6.07) is 1.31. The molecule has 6 nitrogen and oxygen atoms in total. The molecule has 0 saturated heterocycles. The Balaban J connectivity index is 2.43. The molecule has 2 aromatic rings. The maximum absolute atomic E-state index is 11.3. The Hall–Kier alpha value is -2.15. The van der Waals surface area contributed by atoms with Crippen molar-refractivity contribution in [3.63, 3.8) is 0 Å². The van der Waals surface area contributed by atoms with Gasteiger partial charge in [0.2, 0.25) is 0 Å². The zero-order chi connectivity index (χ0) is 11.3. The van der Waals surface area contributed by atoms with Crippen LogP contribution in [0.1, 0.15) is 9.67 Å². The van der Waals surface area contributed by atoms with E-state index in [2.05, 4.69) is 15.6 Å². The zero-order valence-electron chi connectivity index (χ0n) is 7.90. The Morgan fingerprint density at radius 2 is 2.25 bits per heavy atom. The molecule has 16 heavy (non-hydrogen) atoms. The van der Waals surface area contributed by atoms with Gasteiger partial charge in [0, 0.05) is 6.20 Å². The van der Waals surface area contributed by atoms with E-state index in [1.807, 2.05) is 0 Å². The van der Waals surface area contributed by atoms with Gasteiger partial charge < -0.3 is 16.4 Å². The van der Waals surface area contributed by atoms with E-state index in [0.717, 1.165) is 5.39 Å². The highest BCUT2D eigenvalue weighted by Crippen LogP contribution is 2.40. The van der Waals surface area contributed by atoms with Gasteiger partial charge in [0.15, 0.2) is 0 Å². The Morgan fingerprint density at radius 3 is 3.00 bits per heavy atom. The summed E-state index contributed by atoms with van der Waals surface area (Å²) in [7, 11) is 0. The van der Waals surface area contributed by atoms with Crippen molar-refractivity contribution in [2.24, 2.45) is 5.73 Å². The average molecular weight is 234 g/mol. The van der Waals surface area contributed by atoms with Crippen molar-refractivity contribution in [1.29, 1.82) is 0 Å². The zero-order valence-corrected chi connectivity index (χ0v) is 8.72. The van der Waals surface area contributed by atoms with Gasteiger partial charge in [-0.1, -0.05) is 0 Å². The molecule has 4 N–H and O–H groups in total. The number of primary amides is 1. The number of thiophene rings is 1. The van der Waals surface area contributed by atoms with E-state index >= 15 is 0 Å². The van der Waals surface area contributed by atoms with Crippen LogP contribution in [0.3, 0.4) is 0 Å². The van der Waals surface area contributed by atoms with Crippen molar-refractivity contribution in [3.8, 4) is 0 Å². The van der Waals surface area contributed by atoms with E-state index < -0.39 is 5.91 Å². The van der Waals surface area contributed by atoms with Gasteiger partial charge in [-0.2, -0.15) is 0 Å². The molecular formula is C9H6N4O2S. The van der Waals surface area contributed by atoms with Crippen molar-refractivity contribution in [1.82, 2.24) is 4.98 Å². The summed E-state index contributed by atoms with van der Waals surface area (Å²) < 4.78 is 0. The van der Waals surface area contributed by atoms with E-state index in [-0.39, 0.29) is 6.03 Å². The molecule has 2 aromatic heterocycles. The van der Waals surface area contributed by atoms with Gasteiger partial charge in [0.25, 0.3) is 5.91 Å². The van der Waals surface area contributed by atoms with E-state index in [1.165, 1.54) is 11.3 Å². The van der Waals surface area contributed by atoms with Crippen LogP contribution in [0.5, 0.6) is 0 Å². The standard InChI is InChI=1S/C9H6N4O2S/c10-7(14)6-5-4-3(12-9(15)13-5)1-2-11-8(4)16-6/h1-2H,(H2,10,14)(H2,12,13,15). The average Bonchev–Trinajstić information content (AvgIpc) is 2.59. The number of urea groups is 1. The van der Waals surface area contributed by atoms with E-state index in [1.54, 1.807) is 12.3 Å². The topological polar surface area (TPSA) is 97.1 Å². The number of hydrogen-bond acceptors (Lipinski definition) is 4. The Kier molecular flexibility index (Phi) is 1.66. The summed E-state index contributed by atoms with van der Waals surface area (Å²) in [6.45, 7) is 0. The Morgan fingerprint density at radius 1 is 1.44 bits per heavy atom. The summed E-state index contributed by atoms with van der Waals surface area (Å²) in [4.78, 5) is 27.7. The van der Waals surface area contributed by atoms with Crippen LogP contribution in [0.15, 0.2) is 12.3 Å². The monoisotopic (exact) mass is 234 g/mol. The van der Waals surface area contributed by atoms with Crippen molar-refractivity contribution in [3.05, 3.63) is 17.1 Å². The first-order valence-corrected chi connectivity index (χ1v) is 5.28. The molecule has 0 aromatic carbocycles. The first-order valence-electron chi connectivity index (χ1n) is 4.46. The summed E-state index contributed by atoms with van der Waals surface area (Å²) >= 11 is 1.17. The van der Waals surface area contributed by atoms with Crippen molar-refractivity contribution in [2.75, 3.05) is 10.6 Å². The number of pyridine rings is 1. The summed E-state index contributed by atoms with van der Waals surface area (Å²) in [5, 5.41) is 5.95. The molecule has 0 spiro atoms. The molecule has 3 heterocycles. The maximum Gasteiger partial charge on any atom is 0.323 e. The third-order valence-corrected chi connectivity index (χ3v) is 3.41. The summed E-state index contributed by atoms with van der Waals surface area (Å²) in [6.07, 6.45) is 1.58. The quantitative estimate of drug-likeness (QED) is 0.694. The van der Waals surface area contributed by atoms with Crippen LogP contribution in [0.4, 0.5) is 16.2 Å². The lowest BCUT2D eigenvalue weighted by Crippen LogP contribution is -2.24. The second-order valence-corrected chi connectivity index (χ2v) is 4.29. The normalized spacial score (nSPS) is 13.4. The Labute approximate surface area is 93.5 Å². The number of carbonyl (C=O) groups excluding carboxylic acids is 2. The largest absolute Gasteiger partial charge is 0.365 e. The molecule has 7 heteroatoms. The van der Waals surface area contributed by atoms with Gasteiger partial charge >= 0.3 is 6.03 Å². The van der Waals surface area contributed by atoms with Gasteiger partial charge in [0.05, 0.1) is 16.8 Å². The summed E-state index contributed by atoms with van der Waals surface area (Å²) in [5.74, 6) is -0.564. The number of carbonyl (C=O) groups is 2. The fraction of sp³-hybridized carbons (Fsp3) is 0. The number of aromatic nitrogens is 1. The van der Waals surface area contributed by atoms with Crippen LogP contribution < -0.4 is 16.4 Å². The molecule has 0 radical (unpaired) electrons. The number of nitrogens with zero attached hydrogens (tertiary/aromatic N) is 1. The van der Waals surface area contributed by atoms with Gasteiger partial charge in [0.1, 0.15) is 9.71 Å². The minimum absolute atomic E-state index is 0.324. The molecule has 0 unspecified atom stereocenters. The molecule has 3 rings (SSSR count). The van der Waals surface area contributed by atoms with E-state index in [4.69, 9.17) is 5.73 Å². The molecule has 0 bridgehead atoms. The predicted octanol–water partition coefficient (Wildman–Crippen LogP) is 1.35. The predicted molar refractivity (Wildman–Crippen MR) is 60.8 cm³/mol. The minimum atomic E-state index is -0.564.